The molecule has 4 N–H and O–H groups in total. The summed E-state index contributed by atoms with van der Waals surface area (Å²) in [5, 5.41) is 3.06. The van der Waals surface area contributed by atoms with Crippen LogP contribution in [0.3, 0.4) is 0 Å². The Morgan fingerprint density at radius 3 is 2.45 bits per heavy atom. The number of sulfonamides is 1. The van der Waals surface area contributed by atoms with Gasteiger partial charge in [-0.2, -0.15) is 13.2 Å². The van der Waals surface area contributed by atoms with Crippen LogP contribution in [0.5, 0.6) is 0 Å². The number of benzene rings is 1. The zero-order chi connectivity index (χ0) is 30.7. The van der Waals surface area contributed by atoms with Crippen molar-refractivity contribution in [2.24, 2.45) is 17.6 Å². The van der Waals surface area contributed by atoms with Crippen molar-refractivity contribution in [3.63, 3.8) is 0 Å². The number of carbonyl (C=O) groups excluding carboxylic acids is 3. The number of alkyl halides is 3. The number of carbonyl (C=O) groups is 3. The fraction of sp³-hybridized carbons (Fsp3) is 0.621. The lowest BCUT2D eigenvalue weighted by atomic mass is 10.0. The molecule has 0 aromatic heterocycles. The summed E-state index contributed by atoms with van der Waals surface area (Å²) in [6, 6.07) is 3.08. The Morgan fingerprint density at radius 2 is 1.83 bits per heavy atom. The summed E-state index contributed by atoms with van der Waals surface area (Å²) in [6.45, 7) is 2.04. The molecule has 4 atom stereocenters. The van der Waals surface area contributed by atoms with Crippen molar-refractivity contribution in [1.82, 2.24) is 9.62 Å². The fourth-order valence-electron chi connectivity index (χ4n) is 5.30. The lowest BCUT2D eigenvalue weighted by molar-refractivity contribution is -0.138. The van der Waals surface area contributed by atoms with Crippen molar-refractivity contribution >= 4 is 33.4 Å². The van der Waals surface area contributed by atoms with Crippen molar-refractivity contribution in [3.8, 4) is 0 Å². The van der Waals surface area contributed by atoms with Crippen molar-refractivity contribution in [2.45, 2.75) is 94.1 Å². The predicted octanol–water partition coefficient (Wildman–Crippen LogP) is 4.10. The Morgan fingerprint density at radius 1 is 1.14 bits per heavy atom. The molecule has 2 saturated carbocycles. The van der Waals surface area contributed by atoms with Crippen molar-refractivity contribution in [1.29, 1.82) is 0 Å². The lowest BCUT2D eigenvalue weighted by Gasteiger charge is -2.28. The van der Waals surface area contributed by atoms with Crippen LogP contribution in [0.2, 0.25) is 0 Å². The van der Waals surface area contributed by atoms with Gasteiger partial charge in [-0.1, -0.05) is 25.0 Å². The van der Waals surface area contributed by atoms with Crippen LogP contribution in [-0.4, -0.2) is 54.4 Å². The summed E-state index contributed by atoms with van der Waals surface area (Å²) >= 11 is 0. The predicted molar refractivity (Wildman–Crippen MR) is 151 cm³/mol. The average Bonchev–Trinajstić information content (AvgIpc) is 3.82. The first-order chi connectivity index (χ1) is 19.7. The molecule has 1 heterocycles. The van der Waals surface area contributed by atoms with Crippen LogP contribution in [0.1, 0.15) is 76.7 Å². The molecule has 0 spiro atoms. The minimum Gasteiger partial charge on any atom is -0.374 e. The van der Waals surface area contributed by atoms with E-state index in [4.69, 9.17) is 5.73 Å². The summed E-state index contributed by atoms with van der Waals surface area (Å²) < 4.78 is 64.8. The number of allylic oxidation sites excluding steroid dienone is 2. The van der Waals surface area contributed by atoms with Crippen molar-refractivity contribution < 1.29 is 36.0 Å². The van der Waals surface area contributed by atoms with E-state index in [2.05, 4.69) is 10.0 Å². The molecule has 9 nitrogen and oxygen atoms in total. The quantitative estimate of drug-likeness (QED) is 0.214. The molecule has 1 saturated heterocycles. The molecule has 0 unspecified atom stereocenters. The zero-order valence-electron chi connectivity index (χ0n) is 23.7. The SMILES string of the molecule is CC1(S(=O)(=O)NC(=O)[C@H]2C[C@H]2/C=C\CCCCC[C@H](Nc2ccc(C(F)(F)F)cc2)C(=O)N2CCC[C@H]2C(N)=O)CC1. The second-order valence-electron chi connectivity index (χ2n) is 11.9. The number of nitrogens with one attached hydrogen (secondary N) is 2. The standard InChI is InChI=1S/C29H39F3N4O5S/c1-28(15-16-28)42(40,41)35-26(38)22-18-19(22)8-5-3-2-4-6-9-23(27(39)36-17-7-10-24(36)25(33)37)34-21-13-11-20(12-14-21)29(30,31)32/h5,8,11-14,19,22-24,34H,2-4,6-7,9-10,15-18H2,1H3,(H2,33,37)(H,35,38)/b8-5-/t19-,22+,23+,24+/m1/s1. The third-order valence-corrected chi connectivity index (χ3v) is 10.7. The van der Waals surface area contributed by atoms with Gasteiger partial charge in [-0.3, -0.25) is 19.1 Å². The Bertz CT molecular complexity index is 1300. The van der Waals surface area contributed by atoms with E-state index in [1.807, 2.05) is 12.2 Å². The van der Waals surface area contributed by atoms with Gasteiger partial charge in [0.2, 0.25) is 27.7 Å². The zero-order valence-corrected chi connectivity index (χ0v) is 24.5. The molecule has 1 aromatic rings. The number of nitrogens with zero attached hydrogens (tertiary/aromatic N) is 1. The maximum absolute atomic E-state index is 13.4. The number of hydrogen-bond donors (Lipinski definition) is 3. The number of likely N-dealkylation sites (tertiary alicyclic amines) is 1. The van der Waals surface area contributed by atoms with E-state index >= 15 is 0 Å². The minimum absolute atomic E-state index is 0.0285. The normalized spacial score (nSPS) is 23.9. The van der Waals surface area contributed by atoms with Gasteiger partial charge in [0.1, 0.15) is 12.1 Å². The number of primary amides is 1. The number of halogens is 3. The van der Waals surface area contributed by atoms with E-state index in [-0.39, 0.29) is 17.7 Å². The Hall–Kier alpha value is -3.09. The van der Waals surface area contributed by atoms with Gasteiger partial charge in [0.05, 0.1) is 10.3 Å². The second kappa shape index (κ2) is 12.6. The van der Waals surface area contributed by atoms with E-state index in [1.54, 1.807) is 6.92 Å². The maximum Gasteiger partial charge on any atom is 0.416 e. The molecular formula is C29H39F3N4O5S. The molecule has 13 heteroatoms. The Balaban J connectivity index is 1.24. The third kappa shape index (κ3) is 7.84. The van der Waals surface area contributed by atoms with Crippen LogP contribution in [0.15, 0.2) is 36.4 Å². The smallest absolute Gasteiger partial charge is 0.374 e. The monoisotopic (exact) mass is 612 g/mol. The number of nitrogens with two attached hydrogens (primary N) is 1. The molecule has 0 bridgehead atoms. The molecule has 0 radical (unpaired) electrons. The molecule has 42 heavy (non-hydrogen) atoms. The molecule has 3 aliphatic rings. The number of unbranched alkanes of at least 4 members (excludes halogenated alkanes) is 3. The van der Waals surface area contributed by atoms with Gasteiger partial charge in [-0.15, -0.1) is 0 Å². The van der Waals surface area contributed by atoms with E-state index in [9.17, 15) is 36.0 Å². The molecule has 1 aliphatic heterocycles. The van der Waals surface area contributed by atoms with Crippen molar-refractivity contribution in [3.05, 3.63) is 42.0 Å². The maximum atomic E-state index is 13.4. The molecule has 4 rings (SSSR count). The summed E-state index contributed by atoms with van der Waals surface area (Å²) in [5.41, 5.74) is 5.08. The Labute approximate surface area is 244 Å². The highest BCUT2D eigenvalue weighted by atomic mass is 32.2. The summed E-state index contributed by atoms with van der Waals surface area (Å²) in [4.78, 5) is 39.0. The summed E-state index contributed by atoms with van der Waals surface area (Å²) in [7, 11) is -3.63. The van der Waals surface area contributed by atoms with Crippen molar-refractivity contribution in [2.75, 3.05) is 11.9 Å². The minimum atomic E-state index is -4.46. The first-order valence-corrected chi connectivity index (χ1v) is 16.0. The van der Waals surface area contributed by atoms with Crippen LogP contribution in [0.25, 0.3) is 0 Å². The van der Waals surface area contributed by atoms with E-state index in [1.165, 1.54) is 17.0 Å². The number of hydrogen-bond acceptors (Lipinski definition) is 6. The number of amides is 3. The van der Waals surface area contributed by atoms with E-state index in [0.717, 1.165) is 31.4 Å². The molecule has 232 valence electrons. The van der Waals surface area contributed by atoms with Gasteiger partial charge >= 0.3 is 6.18 Å². The summed E-state index contributed by atoms with van der Waals surface area (Å²) in [6.07, 6.45) is 5.80. The van der Waals surface area contributed by atoms with Crippen LogP contribution in [-0.2, 0) is 30.6 Å². The lowest BCUT2D eigenvalue weighted by Crippen LogP contribution is -2.49. The van der Waals surface area contributed by atoms with Gasteiger partial charge in [-0.25, -0.2) is 8.42 Å². The summed E-state index contributed by atoms with van der Waals surface area (Å²) in [5.74, 6) is -1.61. The fourth-order valence-corrected chi connectivity index (χ4v) is 6.61. The van der Waals surface area contributed by atoms with E-state index < -0.39 is 50.4 Å². The van der Waals surface area contributed by atoms with Gasteiger partial charge in [-0.05, 0) is 88.5 Å². The molecule has 2 aliphatic carbocycles. The number of anilines is 1. The highest BCUT2D eigenvalue weighted by Crippen LogP contribution is 2.44. The Kier molecular flexibility index (Phi) is 9.58. The highest BCUT2D eigenvalue weighted by molar-refractivity contribution is 7.91. The largest absolute Gasteiger partial charge is 0.416 e. The van der Waals surface area contributed by atoms with Gasteiger partial charge in [0, 0.05) is 18.2 Å². The van der Waals surface area contributed by atoms with Crippen LogP contribution in [0.4, 0.5) is 18.9 Å². The molecule has 3 fully saturated rings. The van der Waals surface area contributed by atoms with Crippen LogP contribution in [0, 0.1) is 11.8 Å². The first-order valence-electron chi connectivity index (χ1n) is 14.5. The second-order valence-corrected chi connectivity index (χ2v) is 14.1. The molecular weight excluding hydrogens is 573 g/mol. The van der Waals surface area contributed by atoms with Crippen LogP contribution < -0.4 is 15.8 Å². The highest BCUT2D eigenvalue weighted by Gasteiger charge is 2.52. The molecule has 1 aromatic carbocycles. The van der Waals surface area contributed by atoms with Crippen LogP contribution >= 0.6 is 0 Å². The number of rotatable bonds is 14. The van der Waals surface area contributed by atoms with E-state index in [0.29, 0.717) is 57.2 Å². The third-order valence-electron chi connectivity index (χ3n) is 8.48. The van der Waals surface area contributed by atoms with Gasteiger partial charge < -0.3 is 16.0 Å². The van der Waals surface area contributed by atoms with Gasteiger partial charge in [0.15, 0.2) is 0 Å². The first kappa shape index (κ1) is 31.8. The van der Waals surface area contributed by atoms with Gasteiger partial charge in [0.25, 0.3) is 0 Å². The molecule has 3 amide bonds. The average molecular weight is 613 g/mol. The topological polar surface area (TPSA) is 139 Å².